The average Bonchev–Trinajstić information content (AvgIpc) is 3.02. The first-order valence-corrected chi connectivity index (χ1v) is 8.09. The number of sulfonamides is 1. The molecule has 0 spiro atoms. The van der Waals surface area contributed by atoms with E-state index in [4.69, 9.17) is 0 Å². The summed E-state index contributed by atoms with van der Waals surface area (Å²) in [5.41, 5.74) is 1.21. The Bertz CT molecular complexity index is 870. The van der Waals surface area contributed by atoms with Crippen LogP contribution in [0.4, 0.5) is 5.69 Å². The van der Waals surface area contributed by atoms with Gasteiger partial charge in [0.05, 0.1) is 16.3 Å². The Balaban J connectivity index is 1.98. The number of rotatable bonds is 4. The third kappa shape index (κ3) is 2.82. The summed E-state index contributed by atoms with van der Waals surface area (Å²) in [5, 5.41) is 9.26. The minimum atomic E-state index is -3.72. The molecule has 0 atom stereocenters. The topological polar surface area (TPSA) is 71.3 Å². The van der Waals surface area contributed by atoms with Gasteiger partial charge in [0.25, 0.3) is 10.0 Å². The van der Waals surface area contributed by atoms with Gasteiger partial charge in [-0.25, -0.2) is 8.42 Å². The van der Waals surface area contributed by atoms with Crippen molar-refractivity contribution in [1.29, 1.82) is 0 Å². The highest BCUT2D eigenvalue weighted by atomic mass is 32.2. The molecule has 1 aromatic heterocycles. The van der Waals surface area contributed by atoms with Gasteiger partial charge in [-0.3, -0.25) is 4.72 Å². The molecule has 6 heteroatoms. The molecule has 3 aromatic rings. The lowest BCUT2D eigenvalue weighted by atomic mass is 10.3. The molecule has 112 valence electrons. The van der Waals surface area contributed by atoms with Crippen LogP contribution in [0.1, 0.15) is 0 Å². The van der Waals surface area contributed by atoms with Gasteiger partial charge in [0.2, 0.25) is 0 Å². The van der Waals surface area contributed by atoms with Crippen molar-refractivity contribution in [3.63, 3.8) is 0 Å². The number of aromatic nitrogens is 1. The number of benzene rings is 2. The predicted octanol–water partition coefficient (Wildman–Crippen LogP) is 2.98. The lowest BCUT2D eigenvalue weighted by Gasteiger charge is -2.13. The molecular weight excluding hydrogens is 300 g/mol. The first-order chi connectivity index (χ1) is 10.6. The fourth-order valence-electron chi connectivity index (χ4n) is 2.11. The van der Waals surface area contributed by atoms with Gasteiger partial charge in [0.15, 0.2) is 0 Å². The molecule has 0 amide bonds. The molecule has 2 aromatic carbocycles. The summed E-state index contributed by atoms with van der Waals surface area (Å²) in [6.07, 6.45) is 3.68. The highest BCUT2D eigenvalue weighted by Gasteiger charge is 2.16. The van der Waals surface area contributed by atoms with E-state index in [0.717, 1.165) is 5.69 Å². The van der Waals surface area contributed by atoms with Gasteiger partial charge in [0.1, 0.15) is 5.75 Å². The van der Waals surface area contributed by atoms with Gasteiger partial charge in [-0.2, -0.15) is 0 Å². The van der Waals surface area contributed by atoms with Crippen molar-refractivity contribution >= 4 is 15.7 Å². The quantitative estimate of drug-likeness (QED) is 0.777. The third-order valence-corrected chi connectivity index (χ3v) is 4.56. The molecule has 0 aliphatic heterocycles. The van der Waals surface area contributed by atoms with Crippen molar-refractivity contribution in [1.82, 2.24) is 4.57 Å². The summed E-state index contributed by atoms with van der Waals surface area (Å²) in [6.45, 7) is 0. The first kappa shape index (κ1) is 14.2. The van der Waals surface area contributed by atoms with E-state index in [0.29, 0.717) is 5.69 Å². The van der Waals surface area contributed by atoms with Gasteiger partial charge in [0, 0.05) is 12.4 Å². The maximum atomic E-state index is 12.4. The van der Waals surface area contributed by atoms with Crippen LogP contribution in [0.5, 0.6) is 5.75 Å². The largest absolute Gasteiger partial charge is 0.508 e. The van der Waals surface area contributed by atoms with Gasteiger partial charge in [-0.05, 0) is 48.5 Å². The highest BCUT2D eigenvalue weighted by Crippen LogP contribution is 2.24. The molecular formula is C16H14N2O3S. The van der Waals surface area contributed by atoms with Crippen LogP contribution in [0.25, 0.3) is 5.69 Å². The van der Waals surface area contributed by atoms with E-state index >= 15 is 0 Å². The highest BCUT2D eigenvalue weighted by molar-refractivity contribution is 7.92. The standard InChI is InChI=1S/C16H14N2O3S/c19-13-7-9-14(10-8-13)22(20,21)17-15-5-1-2-6-16(15)18-11-3-4-12-18/h1-12,17,19H. The Morgan fingerprint density at radius 3 is 2.18 bits per heavy atom. The summed E-state index contributed by atoms with van der Waals surface area (Å²) in [7, 11) is -3.72. The van der Waals surface area contributed by atoms with Gasteiger partial charge in [-0.1, -0.05) is 12.1 Å². The lowest BCUT2D eigenvalue weighted by molar-refractivity contribution is 0.475. The van der Waals surface area contributed by atoms with E-state index < -0.39 is 10.0 Å². The molecule has 22 heavy (non-hydrogen) atoms. The van der Waals surface area contributed by atoms with Crippen LogP contribution >= 0.6 is 0 Å². The molecule has 1 heterocycles. The van der Waals surface area contributed by atoms with Crippen LogP contribution in [-0.2, 0) is 10.0 Å². The summed E-state index contributed by atoms with van der Waals surface area (Å²) in [6, 6.07) is 16.3. The van der Waals surface area contributed by atoms with Crippen molar-refractivity contribution in [3.8, 4) is 11.4 Å². The number of hydrogen-bond donors (Lipinski definition) is 2. The Morgan fingerprint density at radius 2 is 1.50 bits per heavy atom. The van der Waals surface area contributed by atoms with E-state index in [2.05, 4.69) is 4.72 Å². The number of para-hydroxylation sites is 2. The number of anilines is 1. The molecule has 0 aliphatic carbocycles. The number of nitrogens with one attached hydrogen (secondary N) is 1. The van der Waals surface area contributed by atoms with E-state index in [-0.39, 0.29) is 10.6 Å². The average molecular weight is 314 g/mol. The summed E-state index contributed by atoms with van der Waals surface area (Å²) < 4.78 is 29.3. The van der Waals surface area contributed by atoms with Crippen LogP contribution in [0.15, 0.2) is 78.0 Å². The monoisotopic (exact) mass is 314 g/mol. The number of hydrogen-bond acceptors (Lipinski definition) is 3. The van der Waals surface area contributed by atoms with E-state index in [9.17, 15) is 13.5 Å². The Hall–Kier alpha value is -2.73. The van der Waals surface area contributed by atoms with Crippen LogP contribution < -0.4 is 4.72 Å². The second kappa shape index (κ2) is 5.57. The van der Waals surface area contributed by atoms with Gasteiger partial charge < -0.3 is 9.67 Å². The molecule has 0 fully saturated rings. The smallest absolute Gasteiger partial charge is 0.261 e. The number of phenolic OH excluding ortho intramolecular Hbond substituents is 1. The van der Waals surface area contributed by atoms with Gasteiger partial charge in [-0.15, -0.1) is 0 Å². The van der Waals surface area contributed by atoms with E-state index in [1.165, 1.54) is 24.3 Å². The first-order valence-electron chi connectivity index (χ1n) is 6.60. The second-order valence-corrected chi connectivity index (χ2v) is 6.39. The summed E-state index contributed by atoms with van der Waals surface area (Å²) in [5.74, 6) is 0.0201. The Morgan fingerprint density at radius 1 is 0.864 bits per heavy atom. The van der Waals surface area contributed by atoms with Crippen molar-refractivity contribution in [2.24, 2.45) is 0 Å². The molecule has 2 N–H and O–H groups in total. The molecule has 0 saturated carbocycles. The lowest BCUT2D eigenvalue weighted by Crippen LogP contribution is -2.14. The molecule has 0 unspecified atom stereocenters. The Labute approximate surface area is 128 Å². The fraction of sp³-hybridized carbons (Fsp3) is 0. The van der Waals surface area contributed by atoms with Crippen LogP contribution in [0.3, 0.4) is 0 Å². The SMILES string of the molecule is O=S(=O)(Nc1ccccc1-n1cccc1)c1ccc(O)cc1. The summed E-state index contributed by atoms with van der Waals surface area (Å²) >= 11 is 0. The van der Waals surface area contributed by atoms with Crippen molar-refractivity contribution < 1.29 is 13.5 Å². The maximum absolute atomic E-state index is 12.4. The zero-order chi connectivity index (χ0) is 15.6. The van der Waals surface area contributed by atoms with E-state index in [1.54, 1.807) is 12.1 Å². The number of nitrogens with zero attached hydrogens (tertiary/aromatic N) is 1. The second-order valence-electron chi connectivity index (χ2n) is 4.71. The van der Waals surface area contributed by atoms with Crippen LogP contribution in [0.2, 0.25) is 0 Å². The molecule has 0 saturated heterocycles. The molecule has 0 bridgehead atoms. The van der Waals surface area contributed by atoms with Crippen LogP contribution in [0, 0.1) is 0 Å². The van der Waals surface area contributed by atoms with Crippen molar-refractivity contribution in [2.45, 2.75) is 4.90 Å². The third-order valence-electron chi connectivity index (χ3n) is 3.18. The molecule has 5 nitrogen and oxygen atoms in total. The predicted molar refractivity (Wildman–Crippen MR) is 84.7 cm³/mol. The number of phenols is 1. The minimum absolute atomic E-state index is 0.0201. The zero-order valence-electron chi connectivity index (χ0n) is 11.5. The normalized spacial score (nSPS) is 11.3. The van der Waals surface area contributed by atoms with Crippen molar-refractivity contribution in [2.75, 3.05) is 4.72 Å². The fourth-order valence-corrected chi connectivity index (χ4v) is 3.18. The minimum Gasteiger partial charge on any atom is -0.508 e. The molecule has 0 aliphatic rings. The number of aromatic hydroxyl groups is 1. The van der Waals surface area contributed by atoms with E-state index in [1.807, 2.05) is 41.2 Å². The van der Waals surface area contributed by atoms with Gasteiger partial charge >= 0.3 is 0 Å². The van der Waals surface area contributed by atoms with Crippen LogP contribution in [-0.4, -0.2) is 18.1 Å². The zero-order valence-corrected chi connectivity index (χ0v) is 12.4. The Kier molecular flexibility index (Phi) is 3.60. The van der Waals surface area contributed by atoms with Crippen molar-refractivity contribution in [3.05, 3.63) is 73.1 Å². The maximum Gasteiger partial charge on any atom is 0.261 e. The molecule has 0 radical (unpaired) electrons. The molecule has 3 rings (SSSR count). The summed E-state index contributed by atoms with van der Waals surface area (Å²) in [4.78, 5) is 0.0904.